The fraction of sp³-hybridized carbons (Fsp3) is 0.294. The molecule has 3 rings (SSSR count). The van der Waals surface area contributed by atoms with Crippen molar-refractivity contribution in [1.29, 1.82) is 0 Å². The smallest absolute Gasteiger partial charge is 0.318 e. The summed E-state index contributed by atoms with van der Waals surface area (Å²) in [5.74, 6) is 0. The van der Waals surface area contributed by atoms with Crippen LogP contribution in [0.1, 0.15) is 23.3 Å². The zero-order valence-electron chi connectivity index (χ0n) is 13.5. The molecule has 0 N–H and O–H groups in total. The van der Waals surface area contributed by atoms with Gasteiger partial charge in [0.15, 0.2) is 8.32 Å². The van der Waals surface area contributed by atoms with E-state index in [-0.39, 0.29) is 12.2 Å². The topological polar surface area (TPSA) is 27.7 Å². The molecule has 2 aromatic rings. The minimum absolute atomic E-state index is 0.235. The average Bonchev–Trinajstić information content (AvgIpc) is 2.84. The van der Waals surface area contributed by atoms with Crippen LogP contribution in [-0.4, -0.2) is 8.32 Å². The van der Waals surface area contributed by atoms with Gasteiger partial charge < -0.3 is 4.21 Å². The molecule has 1 aliphatic heterocycles. The molecule has 0 saturated carbocycles. The summed E-state index contributed by atoms with van der Waals surface area (Å²) in [5, 5.41) is 0. The molecule has 0 radical (unpaired) electrons. The lowest BCUT2D eigenvalue weighted by Gasteiger charge is -2.24. The van der Waals surface area contributed by atoms with Crippen molar-refractivity contribution in [1.82, 2.24) is 0 Å². The van der Waals surface area contributed by atoms with Gasteiger partial charge in [0.1, 0.15) is 12.2 Å². The predicted molar refractivity (Wildman–Crippen MR) is 99.3 cm³/mol. The van der Waals surface area contributed by atoms with Gasteiger partial charge in [0.05, 0.1) is 0 Å². The highest BCUT2D eigenvalue weighted by atomic mass is 32.5. The van der Waals surface area contributed by atoms with Gasteiger partial charge in [0.2, 0.25) is 0 Å². The Kier molecular flexibility index (Phi) is 4.88. The molecular weight excluding hydrogens is 343 g/mol. The van der Waals surface area contributed by atoms with Gasteiger partial charge in [-0.3, -0.25) is 9.05 Å². The molecule has 0 aromatic heterocycles. The average molecular weight is 364 g/mol. The lowest BCUT2D eigenvalue weighted by atomic mass is 9.99. The second kappa shape index (κ2) is 6.59. The van der Waals surface area contributed by atoms with Crippen LogP contribution in [0.15, 0.2) is 60.7 Å². The number of benzene rings is 2. The van der Waals surface area contributed by atoms with Crippen LogP contribution in [0.4, 0.5) is 0 Å². The summed E-state index contributed by atoms with van der Waals surface area (Å²) in [4.78, 5) is 0. The summed E-state index contributed by atoms with van der Waals surface area (Å²) in [6.07, 6.45) is -0.471. The fourth-order valence-electron chi connectivity index (χ4n) is 2.55. The Bertz CT molecular complexity index is 651. The van der Waals surface area contributed by atoms with Gasteiger partial charge in [-0.2, -0.15) is 0 Å². The second-order valence-electron chi connectivity index (χ2n) is 6.52. The van der Waals surface area contributed by atoms with E-state index in [1.165, 1.54) is 0 Å². The van der Waals surface area contributed by atoms with Crippen molar-refractivity contribution in [3.05, 3.63) is 71.8 Å². The van der Waals surface area contributed by atoms with Crippen LogP contribution in [0.5, 0.6) is 0 Å². The molecule has 0 bridgehead atoms. The van der Waals surface area contributed by atoms with Crippen molar-refractivity contribution in [2.45, 2.75) is 31.8 Å². The van der Waals surface area contributed by atoms with Crippen LogP contribution >= 0.6 is 6.72 Å². The van der Waals surface area contributed by atoms with Crippen molar-refractivity contribution in [3.63, 3.8) is 0 Å². The Morgan fingerprint density at radius 1 is 0.826 bits per heavy atom. The van der Waals surface area contributed by atoms with Gasteiger partial charge in [-0.1, -0.05) is 60.7 Å². The van der Waals surface area contributed by atoms with Crippen LogP contribution in [0.25, 0.3) is 0 Å². The first-order chi connectivity index (χ1) is 10.9. The van der Waals surface area contributed by atoms with Gasteiger partial charge in [0.25, 0.3) is 0 Å². The van der Waals surface area contributed by atoms with E-state index in [1.54, 1.807) is 0 Å². The van der Waals surface area contributed by atoms with Gasteiger partial charge in [-0.25, -0.2) is 0 Å². The highest BCUT2D eigenvalue weighted by Gasteiger charge is 2.45. The molecule has 122 valence electrons. The van der Waals surface area contributed by atoms with Crippen LogP contribution < -0.4 is 0 Å². The number of hydrogen-bond donors (Lipinski definition) is 0. The highest BCUT2D eigenvalue weighted by molar-refractivity contribution is 8.08. The molecule has 0 aliphatic carbocycles. The Labute approximate surface area is 144 Å². The molecule has 23 heavy (non-hydrogen) atoms. The van der Waals surface area contributed by atoms with E-state index < -0.39 is 15.0 Å². The van der Waals surface area contributed by atoms with E-state index in [9.17, 15) is 0 Å². The van der Waals surface area contributed by atoms with Crippen LogP contribution in [0.2, 0.25) is 19.6 Å². The third-order valence-corrected chi connectivity index (χ3v) is 8.65. The summed E-state index contributed by atoms with van der Waals surface area (Å²) in [5.41, 5.74) is 2.12. The van der Waals surface area contributed by atoms with Gasteiger partial charge >= 0.3 is 6.72 Å². The Morgan fingerprint density at radius 2 is 1.22 bits per heavy atom. The quantitative estimate of drug-likeness (QED) is 0.522. The van der Waals surface area contributed by atoms with Crippen LogP contribution in [0, 0.1) is 0 Å². The van der Waals surface area contributed by atoms with Crippen molar-refractivity contribution >= 4 is 26.8 Å². The molecule has 2 aromatic carbocycles. The maximum absolute atomic E-state index is 6.19. The number of hydrogen-bond acceptors (Lipinski definition) is 4. The maximum Gasteiger partial charge on any atom is 0.318 e. The molecule has 3 nitrogen and oxygen atoms in total. The molecule has 1 fully saturated rings. The zero-order valence-corrected chi connectivity index (χ0v) is 16.2. The highest BCUT2D eigenvalue weighted by Crippen LogP contribution is 2.67. The Morgan fingerprint density at radius 3 is 1.57 bits per heavy atom. The first-order valence-electron chi connectivity index (χ1n) is 7.64. The van der Waals surface area contributed by atoms with Crippen LogP contribution in [0.3, 0.4) is 0 Å². The first kappa shape index (κ1) is 17.0. The Balaban J connectivity index is 1.96. The van der Waals surface area contributed by atoms with E-state index in [1.807, 2.05) is 60.7 Å². The number of rotatable bonds is 4. The molecule has 1 aliphatic rings. The van der Waals surface area contributed by atoms with Gasteiger partial charge in [-0.05, 0) is 42.6 Å². The monoisotopic (exact) mass is 364 g/mol. The van der Waals surface area contributed by atoms with Crippen LogP contribution in [-0.2, 0) is 25.1 Å². The first-order valence-corrected chi connectivity index (χ1v) is 13.6. The molecule has 0 spiro atoms. The molecule has 1 unspecified atom stereocenters. The standard InChI is InChI=1S/C17H21O3PSSi/c1-23(2,3)20-21(22)18-16(14-10-6-4-7-11-14)17(19-21)15-12-8-5-9-13-15/h4-13,16-17H,1-3H3/t16-,17+,21?. The zero-order chi connectivity index (χ0) is 16.5. The maximum atomic E-state index is 6.19. The van der Waals surface area contributed by atoms with Crippen molar-refractivity contribution < 1.29 is 13.3 Å². The van der Waals surface area contributed by atoms with Crippen molar-refractivity contribution in [2.24, 2.45) is 0 Å². The summed E-state index contributed by atoms with van der Waals surface area (Å²) in [6, 6.07) is 20.2. The molecule has 1 saturated heterocycles. The largest absolute Gasteiger partial charge is 0.351 e. The molecule has 1 heterocycles. The second-order valence-corrected chi connectivity index (χ2v) is 14.1. The molecule has 3 atom stereocenters. The molecule has 0 amide bonds. The molecule has 6 heteroatoms. The summed E-state index contributed by atoms with van der Waals surface area (Å²) in [6.45, 7) is 3.56. The third kappa shape index (κ3) is 4.18. The summed E-state index contributed by atoms with van der Waals surface area (Å²) < 4.78 is 18.5. The minimum atomic E-state index is -2.74. The Hall–Kier alpha value is -0.813. The van der Waals surface area contributed by atoms with E-state index in [2.05, 4.69) is 19.6 Å². The normalized spacial score (nSPS) is 28.0. The van der Waals surface area contributed by atoms with E-state index in [0.29, 0.717) is 0 Å². The van der Waals surface area contributed by atoms with E-state index >= 15 is 0 Å². The summed E-state index contributed by atoms with van der Waals surface area (Å²) >= 11 is 5.65. The fourth-order valence-corrected chi connectivity index (χ4v) is 9.22. The summed E-state index contributed by atoms with van der Waals surface area (Å²) in [7, 11) is -1.86. The van der Waals surface area contributed by atoms with Gasteiger partial charge in [0, 0.05) is 0 Å². The van der Waals surface area contributed by atoms with Crippen molar-refractivity contribution in [2.75, 3.05) is 0 Å². The van der Waals surface area contributed by atoms with Gasteiger partial charge in [-0.15, -0.1) is 0 Å². The minimum Gasteiger partial charge on any atom is -0.351 e. The van der Waals surface area contributed by atoms with E-state index in [4.69, 9.17) is 25.1 Å². The van der Waals surface area contributed by atoms with E-state index in [0.717, 1.165) is 11.1 Å². The third-order valence-electron chi connectivity index (χ3n) is 3.40. The lowest BCUT2D eigenvalue weighted by molar-refractivity contribution is 0.159. The predicted octanol–water partition coefficient (Wildman–Crippen LogP) is 5.59. The van der Waals surface area contributed by atoms with Crippen molar-refractivity contribution in [3.8, 4) is 0 Å². The SMILES string of the molecule is C[Si](C)(C)OP1(=S)O[C@H](c2ccccc2)[C@H](c2ccccc2)O1. The molecular formula is C17H21O3PSSi. The lowest BCUT2D eigenvalue weighted by Crippen LogP contribution is -2.23.